The van der Waals surface area contributed by atoms with Gasteiger partial charge in [0.15, 0.2) is 11.0 Å². The Morgan fingerprint density at radius 2 is 2.17 bits per heavy atom. The lowest BCUT2D eigenvalue weighted by atomic mass is 10.2. The molecule has 0 aliphatic carbocycles. The topological polar surface area (TPSA) is 66.2 Å². The van der Waals surface area contributed by atoms with Gasteiger partial charge in [0.1, 0.15) is 17.6 Å². The van der Waals surface area contributed by atoms with Crippen molar-refractivity contribution in [3.05, 3.63) is 34.6 Å². The zero-order chi connectivity index (χ0) is 17.7. The van der Waals surface area contributed by atoms with Crippen LogP contribution in [0.1, 0.15) is 25.2 Å². The highest BCUT2D eigenvalue weighted by atomic mass is 35.5. The van der Waals surface area contributed by atoms with E-state index in [0.29, 0.717) is 22.5 Å². The zero-order valence-electron chi connectivity index (χ0n) is 14.1. The van der Waals surface area contributed by atoms with Crippen LogP contribution in [-0.2, 0) is 22.7 Å². The largest absolute Gasteiger partial charge is 0.486 e. The summed E-state index contributed by atoms with van der Waals surface area (Å²) in [6.07, 6.45) is 0. The van der Waals surface area contributed by atoms with Gasteiger partial charge in [-0.3, -0.25) is 4.79 Å². The van der Waals surface area contributed by atoms with Crippen molar-refractivity contribution in [2.24, 2.45) is 0 Å². The van der Waals surface area contributed by atoms with E-state index >= 15 is 0 Å². The Labute approximate surface area is 150 Å². The second kappa shape index (κ2) is 8.39. The van der Waals surface area contributed by atoms with Crippen LogP contribution in [0.4, 0.5) is 0 Å². The van der Waals surface area contributed by atoms with Crippen LogP contribution >= 0.6 is 23.4 Å². The van der Waals surface area contributed by atoms with E-state index in [1.807, 2.05) is 30.5 Å². The van der Waals surface area contributed by atoms with Crippen molar-refractivity contribution in [1.29, 1.82) is 0 Å². The standard InChI is InChI=1S/C16H20ClN3O3S/c1-5-20-14(9-23-12-6-7-13(17)10(2)8-12)18-19-16(20)24-11(3)15(21)22-4/h6-8,11H,5,9H2,1-4H3. The number of hydrogen-bond acceptors (Lipinski definition) is 6. The Morgan fingerprint density at radius 1 is 1.42 bits per heavy atom. The van der Waals surface area contributed by atoms with E-state index in [2.05, 4.69) is 10.2 Å². The fourth-order valence-electron chi connectivity index (χ4n) is 2.06. The lowest BCUT2D eigenvalue weighted by molar-refractivity contribution is -0.139. The molecular formula is C16H20ClN3O3S. The zero-order valence-corrected chi connectivity index (χ0v) is 15.6. The van der Waals surface area contributed by atoms with Crippen LogP contribution in [0.5, 0.6) is 5.75 Å². The fourth-order valence-corrected chi connectivity index (χ4v) is 3.13. The lowest BCUT2D eigenvalue weighted by Crippen LogP contribution is -2.16. The van der Waals surface area contributed by atoms with Gasteiger partial charge in [-0.2, -0.15) is 0 Å². The number of benzene rings is 1. The molecule has 0 amide bonds. The van der Waals surface area contributed by atoms with Crippen molar-refractivity contribution < 1.29 is 14.3 Å². The minimum absolute atomic E-state index is 0.287. The second-order valence-electron chi connectivity index (χ2n) is 5.13. The molecule has 0 bridgehead atoms. The van der Waals surface area contributed by atoms with Crippen molar-refractivity contribution in [3.63, 3.8) is 0 Å². The maximum atomic E-state index is 11.6. The summed E-state index contributed by atoms with van der Waals surface area (Å²) in [6, 6.07) is 5.50. The normalized spacial score (nSPS) is 12.0. The molecular weight excluding hydrogens is 350 g/mol. The molecule has 2 rings (SSSR count). The van der Waals surface area contributed by atoms with Crippen molar-refractivity contribution in [1.82, 2.24) is 14.8 Å². The molecule has 6 nitrogen and oxygen atoms in total. The predicted octanol–water partition coefficient (Wildman–Crippen LogP) is 3.49. The Kier molecular flexibility index (Phi) is 6.51. The number of nitrogens with zero attached hydrogens (tertiary/aromatic N) is 3. The number of rotatable bonds is 7. The Morgan fingerprint density at radius 3 is 2.79 bits per heavy atom. The average Bonchev–Trinajstić information content (AvgIpc) is 2.96. The summed E-state index contributed by atoms with van der Waals surface area (Å²) in [5.41, 5.74) is 0.953. The lowest BCUT2D eigenvalue weighted by Gasteiger charge is -2.11. The number of methoxy groups -OCH3 is 1. The van der Waals surface area contributed by atoms with Crippen LogP contribution in [0.2, 0.25) is 5.02 Å². The Balaban J connectivity index is 2.08. The third-order valence-corrected chi connectivity index (χ3v) is 4.91. The van der Waals surface area contributed by atoms with E-state index in [1.54, 1.807) is 13.0 Å². The number of thioether (sulfide) groups is 1. The van der Waals surface area contributed by atoms with Crippen molar-refractivity contribution in [2.45, 2.75) is 44.3 Å². The molecule has 0 N–H and O–H groups in total. The molecule has 1 aromatic heterocycles. The van der Waals surface area contributed by atoms with E-state index in [1.165, 1.54) is 18.9 Å². The number of hydrogen-bond donors (Lipinski definition) is 0. The molecule has 0 spiro atoms. The summed E-state index contributed by atoms with van der Waals surface area (Å²) < 4.78 is 12.4. The molecule has 0 aliphatic rings. The summed E-state index contributed by atoms with van der Waals surface area (Å²) in [7, 11) is 1.37. The first kappa shape index (κ1) is 18.6. The number of carbonyl (C=O) groups excluding carboxylic acids is 1. The summed E-state index contributed by atoms with van der Waals surface area (Å²) in [6.45, 7) is 6.66. The van der Waals surface area contributed by atoms with Gasteiger partial charge in [0.05, 0.1) is 7.11 Å². The fraction of sp³-hybridized carbons (Fsp3) is 0.438. The van der Waals surface area contributed by atoms with Gasteiger partial charge in [0.2, 0.25) is 0 Å². The molecule has 1 heterocycles. The third-order valence-electron chi connectivity index (χ3n) is 3.42. The first-order chi connectivity index (χ1) is 11.5. The number of esters is 1. The molecule has 8 heteroatoms. The minimum Gasteiger partial charge on any atom is -0.486 e. The molecule has 0 saturated heterocycles. The molecule has 2 aromatic rings. The maximum Gasteiger partial charge on any atom is 0.318 e. The smallest absolute Gasteiger partial charge is 0.318 e. The van der Waals surface area contributed by atoms with E-state index in [-0.39, 0.29) is 17.8 Å². The molecule has 1 aromatic carbocycles. The van der Waals surface area contributed by atoms with Crippen LogP contribution in [0.15, 0.2) is 23.4 Å². The van der Waals surface area contributed by atoms with Gasteiger partial charge in [-0.25, -0.2) is 0 Å². The molecule has 1 atom stereocenters. The maximum absolute atomic E-state index is 11.6. The van der Waals surface area contributed by atoms with Crippen LogP contribution < -0.4 is 4.74 Å². The van der Waals surface area contributed by atoms with Crippen molar-refractivity contribution >= 4 is 29.3 Å². The molecule has 130 valence electrons. The third kappa shape index (κ3) is 4.42. The van der Waals surface area contributed by atoms with Crippen LogP contribution in [0.3, 0.4) is 0 Å². The quantitative estimate of drug-likeness (QED) is 0.549. The Bertz CT molecular complexity index is 721. The molecule has 0 saturated carbocycles. The summed E-state index contributed by atoms with van der Waals surface area (Å²) >= 11 is 7.33. The van der Waals surface area contributed by atoms with Gasteiger partial charge in [-0.1, -0.05) is 23.4 Å². The highest BCUT2D eigenvalue weighted by Crippen LogP contribution is 2.25. The van der Waals surface area contributed by atoms with Gasteiger partial charge in [-0.15, -0.1) is 10.2 Å². The van der Waals surface area contributed by atoms with Gasteiger partial charge < -0.3 is 14.0 Å². The van der Waals surface area contributed by atoms with E-state index in [0.717, 1.165) is 11.3 Å². The number of carbonyl (C=O) groups is 1. The van der Waals surface area contributed by atoms with Crippen LogP contribution in [-0.4, -0.2) is 33.1 Å². The van der Waals surface area contributed by atoms with Crippen LogP contribution in [0.25, 0.3) is 0 Å². The minimum atomic E-state index is -0.350. The number of aromatic nitrogens is 3. The van der Waals surface area contributed by atoms with E-state index in [4.69, 9.17) is 21.1 Å². The van der Waals surface area contributed by atoms with Crippen molar-refractivity contribution in [2.75, 3.05) is 7.11 Å². The van der Waals surface area contributed by atoms with Crippen molar-refractivity contribution in [3.8, 4) is 5.75 Å². The number of ether oxygens (including phenoxy) is 2. The monoisotopic (exact) mass is 369 g/mol. The van der Waals surface area contributed by atoms with E-state index < -0.39 is 0 Å². The van der Waals surface area contributed by atoms with Gasteiger partial charge in [0, 0.05) is 11.6 Å². The molecule has 0 radical (unpaired) electrons. The summed E-state index contributed by atoms with van der Waals surface area (Å²) in [4.78, 5) is 11.6. The molecule has 0 aliphatic heterocycles. The molecule has 1 unspecified atom stereocenters. The SMILES string of the molecule is CCn1c(COc2ccc(Cl)c(C)c2)nnc1SC(C)C(=O)OC. The van der Waals surface area contributed by atoms with Crippen LogP contribution in [0, 0.1) is 6.92 Å². The highest BCUT2D eigenvalue weighted by Gasteiger charge is 2.20. The summed E-state index contributed by atoms with van der Waals surface area (Å²) in [5, 5.41) is 9.35. The predicted molar refractivity (Wildman–Crippen MR) is 93.6 cm³/mol. The first-order valence-electron chi connectivity index (χ1n) is 7.51. The highest BCUT2D eigenvalue weighted by molar-refractivity contribution is 8.00. The molecule has 24 heavy (non-hydrogen) atoms. The number of aryl methyl sites for hydroxylation is 1. The average molecular weight is 370 g/mol. The first-order valence-corrected chi connectivity index (χ1v) is 8.77. The number of halogens is 1. The molecule has 0 fully saturated rings. The van der Waals surface area contributed by atoms with Gasteiger partial charge in [0.25, 0.3) is 0 Å². The van der Waals surface area contributed by atoms with Gasteiger partial charge >= 0.3 is 5.97 Å². The van der Waals surface area contributed by atoms with E-state index in [9.17, 15) is 4.79 Å². The Hall–Kier alpha value is -1.73. The van der Waals surface area contributed by atoms with Gasteiger partial charge in [-0.05, 0) is 44.5 Å². The second-order valence-corrected chi connectivity index (χ2v) is 6.84. The summed E-state index contributed by atoms with van der Waals surface area (Å²) in [5.74, 6) is 1.13.